The van der Waals surface area contributed by atoms with E-state index in [-0.39, 0.29) is 0 Å². The molecule has 0 spiro atoms. The van der Waals surface area contributed by atoms with Gasteiger partial charge in [-0.3, -0.25) is 4.68 Å². The van der Waals surface area contributed by atoms with Crippen LogP contribution in [0.25, 0.3) is 0 Å². The van der Waals surface area contributed by atoms with E-state index in [9.17, 15) is 0 Å². The van der Waals surface area contributed by atoms with Crippen LogP contribution < -0.4 is 5.32 Å². The van der Waals surface area contributed by atoms with Crippen LogP contribution in [0.5, 0.6) is 0 Å². The van der Waals surface area contributed by atoms with E-state index in [0.29, 0.717) is 6.04 Å². The summed E-state index contributed by atoms with van der Waals surface area (Å²) in [6, 6.07) is 2.69. The molecule has 0 unspecified atom stereocenters. The Bertz CT molecular complexity index is 292. The summed E-state index contributed by atoms with van der Waals surface area (Å²) in [5.41, 5.74) is 1.27. The molecule has 0 amide bonds. The molecule has 0 bridgehead atoms. The first kappa shape index (κ1) is 10.6. The number of nitrogens with one attached hydrogen (secondary N) is 1. The molecule has 2 heterocycles. The lowest BCUT2D eigenvalue weighted by Crippen LogP contribution is -2.34. The van der Waals surface area contributed by atoms with Gasteiger partial charge in [0.15, 0.2) is 0 Å². The highest BCUT2D eigenvalue weighted by atomic mass is 16.5. The molecule has 4 heteroatoms. The molecule has 1 aromatic rings. The second-order valence-corrected chi connectivity index (χ2v) is 3.91. The zero-order valence-electron chi connectivity index (χ0n) is 9.28. The Morgan fingerprint density at radius 3 is 3.07 bits per heavy atom. The maximum Gasteiger partial charge on any atom is 0.0522 e. The van der Waals surface area contributed by atoms with Gasteiger partial charge < -0.3 is 10.1 Å². The maximum absolute atomic E-state index is 5.32. The molecule has 84 valence electrons. The lowest BCUT2D eigenvalue weighted by Gasteiger charge is -2.23. The highest BCUT2D eigenvalue weighted by molar-refractivity contribution is 5.00. The van der Waals surface area contributed by atoms with Crippen LogP contribution in [-0.2, 0) is 17.8 Å². The molecular weight excluding hydrogens is 190 g/mol. The third kappa shape index (κ3) is 2.79. The van der Waals surface area contributed by atoms with Crippen molar-refractivity contribution in [2.75, 3.05) is 13.2 Å². The molecule has 1 N–H and O–H groups in total. The topological polar surface area (TPSA) is 39.1 Å². The minimum absolute atomic E-state index is 0.610. The number of aryl methyl sites for hydroxylation is 1. The molecule has 4 nitrogen and oxygen atoms in total. The van der Waals surface area contributed by atoms with Gasteiger partial charge in [-0.25, -0.2) is 0 Å². The summed E-state index contributed by atoms with van der Waals surface area (Å²) in [6.45, 7) is 5.76. The molecule has 0 aliphatic carbocycles. The van der Waals surface area contributed by atoms with Crippen molar-refractivity contribution in [1.29, 1.82) is 0 Å². The van der Waals surface area contributed by atoms with Crippen LogP contribution in [0.15, 0.2) is 12.3 Å². The van der Waals surface area contributed by atoms with Crippen molar-refractivity contribution in [1.82, 2.24) is 15.1 Å². The summed E-state index contributed by atoms with van der Waals surface area (Å²) in [7, 11) is 0. The molecule has 0 saturated carbocycles. The van der Waals surface area contributed by atoms with Gasteiger partial charge in [0.2, 0.25) is 0 Å². The smallest absolute Gasteiger partial charge is 0.0522 e. The van der Waals surface area contributed by atoms with Crippen molar-refractivity contribution >= 4 is 0 Å². The van der Waals surface area contributed by atoms with E-state index < -0.39 is 0 Å². The summed E-state index contributed by atoms with van der Waals surface area (Å²) in [6.07, 6.45) is 4.12. The molecule has 2 rings (SSSR count). The van der Waals surface area contributed by atoms with Gasteiger partial charge in [-0.15, -0.1) is 0 Å². The Hall–Kier alpha value is -0.870. The lowest BCUT2D eigenvalue weighted by atomic mass is 10.1. The summed E-state index contributed by atoms with van der Waals surface area (Å²) in [5.74, 6) is 0. The Morgan fingerprint density at radius 2 is 2.33 bits per heavy atom. The minimum atomic E-state index is 0.610. The van der Waals surface area contributed by atoms with Crippen LogP contribution in [0.2, 0.25) is 0 Å². The Balaban J connectivity index is 1.81. The zero-order chi connectivity index (χ0) is 10.5. The molecular formula is C11H19N3O. The summed E-state index contributed by atoms with van der Waals surface area (Å²) < 4.78 is 7.36. The van der Waals surface area contributed by atoms with Crippen molar-refractivity contribution < 1.29 is 4.74 Å². The van der Waals surface area contributed by atoms with E-state index in [1.165, 1.54) is 5.69 Å². The van der Waals surface area contributed by atoms with E-state index in [2.05, 4.69) is 23.4 Å². The van der Waals surface area contributed by atoms with Gasteiger partial charge in [0.05, 0.1) is 5.69 Å². The van der Waals surface area contributed by atoms with E-state index in [1.54, 1.807) is 0 Å². The predicted molar refractivity (Wildman–Crippen MR) is 58.6 cm³/mol. The van der Waals surface area contributed by atoms with Gasteiger partial charge in [-0.1, -0.05) is 0 Å². The predicted octanol–water partition coefficient (Wildman–Crippen LogP) is 1.17. The van der Waals surface area contributed by atoms with E-state index in [1.807, 2.05) is 10.9 Å². The number of aromatic nitrogens is 2. The number of hydrogen-bond acceptors (Lipinski definition) is 3. The minimum Gasteiger partial charge on any atom is -0.381 e. The standard InChI is InChI=1S/C11H19N3O/c1-2-14-11(3-6-13-14)9-12-10-4-7-15-8-5-10/h3,6,10,12H,2,4-5,7-9H2,1H3. The Kier molecular flexibility index (Phi) is 3.75. The van der Waals surface area contributed by atoms with E-state index in [4.69, 9.17) is 4.74 Å². The monoisotopic (exact) mass is 209 g/mol. The van der Waals surface area contributed by atoms with Gasteiger partial charge in [0, 0.05) is 38.5 Å². The van der Waals surface area contributed by atoms with Gasteiger partial charge >= 0.3 is 0 Å². The van der Waals surface area contributed by atoms with Gasteiger partial charge in [-0.05, 0) is 25.8 Å². The molecule has 1 fully saturated rings. The van der Waals surface area contributed by atoms with Crippen molar-refractivity contribution in [2.24, 2.45) is 0 Å². The normalized spacial score (nSPS) is 18.2. The zero-order valence-corrected chi connectivity index (χ0v) is 9.28. The van der Waals surface area contributed by atoms with Gasteiger partial charge in [0.25, 0.3) is 0 Å². The lowest BCUT2D eigenvalue weighted by molar-refractivity contribution is 0.0774. The highest BCUT2D eigenvalue weighted by Gasteiger charge is 2.13. The molecule has 1 saturated heterocycles. The van der Waals surface area contributed by atoms with Gasteiger partial charge in [0.1, 0.15) is 0 Å². The average molecular weight is 209 g/mol. The van der Waals surface area contributed by atoms with Crippen LogP contribution in [0.1, 0.15) is 25.5 Å². The van der Waals surface area contributed by atoms with E-state index >= 15 is 0 Å². The molecule has 0 aromatic carbocycles. The fourth-order valence-electron chi connectivity index (χ4n) is 1.95. The average Bonchev–Trinajstić information content (AvgIpc) is 2.75. The summed E-state index contributed by atoms with van der Waals surface area (Å²) in [5, 5.41) is 7.81. The fraction of sp³-hybridized carbons (Fsp3) is 0.727. The quantitative estimate of drug-likeness (QED) is 0.809. The van der Waals surface area contributed by atoms with Crippen LogP contribution in [-0.4, -0.2) is 29.0 Å². The van der Waals surface area contributed by atoms with Crippen LogP contribution >= 0.6 is 0 Å². The van der Waals surface area contributed by atoms with Gasteiger partial charge in [-0.2, -0.15) is 5.10 Å². The fourth-order valence-corrected chi connectivity index (χ4v) is 1.95. The van der Waals surface area contributed by atoms with Crippen molar-refractivity contribution in [3.05, 3.63) is 18.0 Å². The second-order valence-electron chi connectivity index (χ2n) is 3.91. The summed E-state index contributed by atoms with van der Waals surface area (Å²) in [4.78, 5) is 0. The third-order valence-corrected chi connectivity index (χ3v) is 2.90. The second kappa shape index (κ2) is 5.28. The number of ether oxygens (including phenoxy) is 1. The van der Waals surface area contributed by atoms with Crippen molar-refractivity contribution in [2.45, 2.75) is 38.9 Å². The first-order valence-electron chi connectivity index (χ1n) is 5.72. The molecule has 0 atom stereocenters. The molecule has 15 heavy (non-hydrogen) atoms. The first-order valence-corrected chi connectivity index (χ1v) is 5.72. The van der Waals surface area contributed by atoms with E-state index in [0.717, 1.165) is 39.1 Å². The number of hydrogen-bond donors (Lipinski definition) is 1. The Morgan fingerprint density at radius 1 is 1.53 bits per heavy atom. The number of rotatable bonds is 4. The summed E-state index contributed by atoms with van der Waals surface area (Å²) >= 11 is 0. The molecule has 0 radical (unpaired) electrons. The van der Waals surface area contributed by atoms with Crippen molar-refractivity contribution in [3.8, 4) is 0 Å². The maximum atomic E-state index is 5.32. The largest absolute Gasteiger partial charge is 0.381 e. The number of nitrogens with zero attached hydrogens (tertiary/aromatic N) is 2. The SMILES string of the molecule is CCn1nccc1CNC1CCOCC1. The molecule has 1 aromatic heterocycles. The molecule has 1 aliphatic heterocycles. The Labute approximate surface area is 90.6 Å². The van der Waals surface area contributed by atoms with Crippen LogP contribution in [0.4, 0.5) is 0 Å². The first-order chi connectivity index (χ1) is 7.40. The van der Waals surface area contributed by atoms with Crippen molar-refractivity contribution in [3.63, 3.8) is 0 Å². The highest BCUT2D eigenvalue weighted by Crippen LogP contribution is 2.07. The van der Waals surface area contributed by atoms with Crippen LogP contribution in [0.3, 0.4) is 0 Å². The third-order valence-electron chi connectivity index (χ3n) is 2.90. The van der Waals surface area contributed by atoms with Crippen LogP contribution in [0, 0.1) is 0 Å². The molecule has 1 aliphatic rings.